The van der Waals surface area contributed by atoms with Crippen molar-refractivity contribution in [1.82, 2.24) is 4.57 Å². The van der Waals surface area contributed by atoms with Gasteiger partial charge in [-0.05, 0) is 31.5 Å². The molecule has 0 unspecified atom stereocenters. The molecule has 2 rings (SSSR count). The van der Waals surface area contributed by atoms with Crippen molar-refractivity contribution in [2.75, 3.05) is 7.11 Å². The summed E-state index contributed by atoms with van der Waals surface area (Å²) < 4.78 is 6.65. The summed E-state index contributed by atoms with van der Waals surface area (Å²) in [5, 5.41) is 1.03. The number of carbonyl (C=O) groups excluding carboxylic acids is 1. The van der Waals surface area contributed by atoms with E-state index in [1.807, 2.05) is 32.0 Å². The predicted octanol–water partition coefficient (Wildman–Crippen LogP) is 2.19. The molecule has 4 nitrogen and oxygen atoms in total. The number of benzene rings is 1. The van der Waals surface area contributed by atoms with Gasteiger partial charge >= 0.3 is 6.03 Å². The van der Waals surface area contributed by atoms with E-state index in [0.29, 0.717) is 5.75 Å². The first-order chi connectivity index (χ1) is 7.56. The number of rotatable bonds is 1. The smallest absolute Gasteiger partial charge is 0.323 e. The van der Waals surface area contributed by atoms with Crippen molar-refractivity contribution < 1.29 is 9.53 Å². The van der Waals surface area contributed by atoms with Crippen molar-refractivity contribution in [3.05, 3.63) is 29.5 Å². The van der Waals surface area contributed by atoms with Gasteiger partial charge in [0, 0.05) is 17.1 Å². The number of amides is 1. The van der Waals surface area contributed by atoms with Crippen molar-refractivity contribution >= 4 is 16.9 Å². The molecule has 1 heterocycles. The lowest BCUT2D eigenvalue weighted by Crippen LogP contribution is -2.20. The van der Waals surface area contributed by atoms with Crippen LogP contribution in [-0.4, -0.2) is 17.7 Å². The minimum Gasteiger partial charge on any atom is -0.497 e. The van der Waals surface area contributed by atoms with Crippen LogP contribution in [0.1, 0.15) is 11.3 Å². The summed E-state index contributed by atoms with van der Waals surface area (Å²) in [7, 11) is 1.60. The van der Waals surface area contributed by atoms with E-state index in [2.05, 4.69) is 0 Å². The van der Waals surface area contributed by atoms with Gasteiger partial charge in [0.05, 0.1) is 12.6 Å². The Morgan fingerprint density at radius 2 is 2.06 bits per heavy atom. The Hall–Kier alpha value is -1.97. The molecule has 0 saturated heterocycles. The van der Waals surface area contributed by atoms with Gasteiger partial charge in [-0.25, -0.2) is 4.79 Å². The van der Waals surface area contributed by atoms with Gasteiger partial charge in [0.1, 0.15) is 5.75 Å². The number of hydrogen-bond acceptors (Lipinski definition) is 2. The fraction of sp³-hybridized carbons (Fsp3) is 0.250. The molecule has 2 N–H and O–H groups in total. The van der Waals surface area contributed by atoms with Crippen molar-refractivity contribution in [3.8, 4) is 5.75 Å². The molecule has 0 aliphatic carbocycles. The Morgan fingerprint density at radius 1 is 1.38 bits per heavy atom. The first kappa shape index (κ1) is 10.5. The molecule has 1 aromatic heterocycles. The van der Waals surface area contributed by atoms with E-state index < -0.39 is 6.03 Å². The van der Waals surface area contributed by atoms with Crippen LogP contribution in [0.3, 0.4) is 0 Å². The van der Waals surface area contributed by atoms with Gasteiger partial charge in [0.25, 0.3) is 0 Å². The van der Waals surface area contributed by atoms with Crippen LogP contribution >= 0.6 is 0 Å². The highest BCUT2D eigenvalue weighted by atomic mass is 16.5. The van der Waals surface area contributed by atoms with E-state index in [0.717, 1.165) is 22.2 Å². The van der Waals surface area contributed by atoms with Gasteiger partial charge in [0.15, 0.2) is 0 Å². The Bertz CT molecular complexity index is 570. The molecule has 0 fully saturated rings. The van der Waals surface area contributed by atoms with E-state index in [9.17, 15) is 4.79 Å². The van der Waals surface area contributed by atoms with Crippen molar-refractivity contribution in [3.63, 3.8) is 0 Å². The van der Waals surface area contributed by atoms with Crippen molar-refractivity contribution in [2.24, 2.45) is 5.73 Å². The lowest BCUT2D eigenvalue weighted by molar-refractivity contribution is 0.251. The van der Waals surface area contributed by atoms with Gasteiger partial charge in [-0.15, -0.1) is 0 Å². The normalized spacial score (nSPS) is 10.7. The molecule has 1 amide bonds. The van der Waals surface area contributed by atoms with Crippen LogP contribution in [0.4, 0.5) is 4.79 Å². The zero-order valence-corrected chi connectivity index (χ0v) is 9.57. The van der Waals surface area contributed by atoms with E-state index in [4.69, 9.17) is 10.5 Å². The highest BCUT2D eigenvalue weighted by Gasteiger charge is 2.14. The second kappa shape index (κ2) is 3.56. The van der Waals surface area contributed by atoms with Gasteiger partial charge in [0.2, 0.25) is 0 Å². The summed E-state index contributed by atoms with van der Waals surface area (Å²) in [5.41, 5.74) is 8.10. The second-order valence-electron chi connectivity index (χ2n) is 3.77. The number of carbonyl (C=O) groups is 1. The number of primary amides is 1. The number of ether oxygens (including phenoxy) is 1. The molecule has 84 valence electrons. The summed E-state index contributed by atoms with van der Waals surface area (Å²) >= 11 is 0. The molecule has 1 aromatic carbocycles. The van der Waals surface area contributed by atoms with Crippen LogP contribution in [0.25, 0.3) is 10.9 Å². The highest BCUT2D eigenvalue weighted by molar-refractivity contribution is 5.95. The predicted molar refractivity (Wildman–Crippen MR) is 62.9 cm³/mol. The number of aromatic nitrogens is 1. The first-order valence-corrected chi connectivity index (χ1v) is 5.01. The number of methoxy groups -OCH3 is 1. The standard InChI is InChI=1S/C12H14N2O2/c1-7-8(2)14(12(13)15)11-6-9(16-3)4-5-10(7)11/h4-6H,1-3H3,(H2,13,15). The maximum absolute atomic E-state index is 11.4. The summed E-state index contributed by atoms with van der Waals surface area (Å²) in [6.07, 6.45) is 0. The van der Waals surface area contributed by atoms with E-state index in [1.54, 1.807) is 7.11 Å². The van der Waals surface area contributed by atoms with Crippen molar-refractivity contribution in [1.29, 1.82) is 0 Å². The minimum atomic E-state index is -0.469. The Balaban J connectivity index is 2.86. The molecule has 0 atom stereocenters. The number of nitrogens with two attached hydrogens (primary N) is 1. The van der Waals surface area contributed by atoms with Gasteiger partial charge in [-0.1, -0.05) is 0 Å². The molecule has 0 aliphatic heterocycles. The summed E-state index contributed by atoms with van der Waals surface area (Å²) in [6.45, 7) is 3.86. The van der Waals surface area contributed by atoms with Crippen LogP contribution in [0.2, 0.25) is 0 Å². The molecule has 2 aromatic rings. The fourth-order valence-corrected chi connectivity index (χ4v) is 1.97. The van der Waals surface area contributed by atoms with E-state index in [1.165, 1.54) is 4.57 Å². The largest absolute Gasteiger partial charge is 0.497 e. The molecular weight excluding hydrogens is 204 g/mol. The molecule has 0 aliphatic rings. The maximum atomic E-state index is 11.4. The lowest BCUT2D eigenvalue weighted by Gasteiger charge is -2.03. The summed E-state index contributed by atoms with van der Waals surface area (Å²) in [4.78, 5) is 11.4. The third-order valence-corrected chi connectivity index (χ3v) is 2.95. The molecular formula is C12H14N2O2. The van der Waals surface area contributed by atoms with Gasteiger partial charge in [-0.2, -0.15) is 0 Å². The number of fused-ring (bicyclic) bond motifs is 1. The number of aryl methyl sites for hydroxylation is 1. The zero-order chi connectivity index (χ0) is 11.9. The maximum Gasteiger partial charge on any atom is 0.323 e. The quantitative estimate of drug-likeness (QED) is 0.797. The zero-order valence-electron chi connectivity index (χ0n) is 9.57. The first-order valence-electron chi connectivity index (χ1n) is 5.01. The third kappa shape index (κ3) is 1.34. The molecule has 0 bridgehead atoms. The van der Waals surface area contributed by atoms with Crippen LogP contribution in [-0.2, 0) is 0 Å². The van der Waals surface area contributed by atoms with Crippen LogP contribution in [0.5, 0.6) is 5.75 Å². The number of hydrogen-bond donors (Lipinski definition) is 1. The Labute approximate surface area is 93.6 Å². The minimum absolute atomic E-state index is 0.469. The SMILES string of the molecule is COc1ccc2c(C)c(C)n(C(N)=O)c2c1. The fourth-order valence-electron chi connectivity index (χ4n) is 1.97. The van der Waals surface area contributed by atoms with E-state index >= 15 is 0 Å². The highest BCUT2D eigenvalue weighted by Crippen LogP contribution is 2.28. The van der Waals surface area contributed by atoms with Crippen molar-refractivity contribution in [2.45, 2.75) is 13.8 Å². The number of nitrogens with zero attached hydrogens (tertiary/aromatic N) is 1. The van der Waals surface area contributed by atoms with Gasteiger partial charge in [-0.3, -0.25) is 4.57 Å². The molecule has 0 saturated carbocycles. The monoisotopic (exact) mass is 218 g/mol. The molecule has 16 heavy (non-hydrogen) atoms. The lowest BCUT2D eigenvalue weighted by atomic mass is 10.1. The average Bonchev–Trinajstić information content (AvgIpc) is 2.51. The Kier molecular flexibility index (Phi) is 2.34. The molecule has 0 spiro atoms. The van der Waals surface area contributed by atoms with Gasteiger partial charge < -0.3 is 10.5 Å². The third-order valence-electron chi connectivity index (χ3n) is 2.95. The Morgan fingerprint density at radius 3 is 2.62 bits per heavy atom. The average molecular weight is 218 g/mol. The van der Waals surface area contributed by atoms with E-state index in [-0.39, 0.29) is 0 Å². The van der Waals surface area contributed by atoms with Crippen LogP contribution < -0.4 is 10.5 Å². The topological polar surface area (TPSA) is 57.2 Å². The summed E-state index contributed by atoms with van der Waals surface area (Å²) in [6, 6.07) is 5.17. The van der Waals surface area contributed by atoms with Crippen LogP contribution in [0, 0.1) is 13.8 Å². The molecule has 0 radical (unpaired) electrons. The summed E-state index contributed by atoms with van der Waals surface area (Å²) in [5.74, 6) is 0.715. The van der Waals surface area contributed by atoms with Crippen LogP contribution in [0.15, 0.2) is 18.2 Å². The second-order valence-corrected chi connectivity index (χ2v) is 3.77. The molecule has 4 heteroatoms.